The van der Waals surface area contributed by atoms with Crippen LogP contribution in [-0.2, 0) is 4.74 Å². The largest absolute Gasteiger partial charge is 0.484 e. The summed E-state index contributed by atoms with van der Waals surface area (Å²) in [7, 11) is 1.52. The van der Waals surface area contributed by atoms with Gasteiger partial charge in [-0.15, -0.1) is 0 Å². The Bertz CT molecular complexity index is 354. The van der Waals surface area contributed by atoms with Crippen LogP contribution in [0.5, 0.6) is 5.75 Å². The molecule has 0 atom stereocenters. The summed E-state index contributed by atoms with van der Waals surface area (Å²) in [6.07, 6.45) is 0. The summed E-state index contributed by atoms with van der Waals surface area (Å²) in [5, 5.41) is 10.7. The van der Waals surface area contributed by atoms with Gasteiger partial charge in [-0.3, -0.25) is 10.1 Å². The third-order valence-corrected chi connectivity index (χ3v) is 1.76. The van der Waals surface area contributed by atoms with Crippen molar-refractivity contribution >= 4 is 11.4 Å². The van der Waals surface area contributed by atoms with Crippen molar-refractivity contribution in [1.82, 2.24) is 0 Å². The van der Waals surface area contributed by atoms with Crippen LogP contribution in [0.4, 0.5) is 11.4 Å². The summed E-state index contributed by atoms with van der Waals surface area (Å²) in [5.41, 5.74) is 5.37. The van der Waals surface area contributed by atoms with Crippen LogP contribution in [0, 0.1) is 10.1 Å². The Hall–Kier alpha value is -1.82. The molecule has 0 heterocycles. The summed E-state index contributed by atoms with van der Waals surface area (Å²) in [6, 6.07) is 4.57. The average Bonchev–Trinajstić information content (AvgIpc) is 2.17. The van der Waals surface area contributed by atoms with Crippen molar-refractivity contribution in [3.63, 3.8) is 0 Å². The van der Waals surface area contributed by atoms with Crippen molar-refractivity contribution in [2.45, 2.75) is 0 Å². The molecule has 82 valence electrons. The van der Waals surface area contributed by atoms with E-state index in [0.29, 0.717) is 6.61 Å². The van der Waals surface area contributed by atoms with E-state index in [4.69, 9.17) is 15.2 Å². The molecule has 0 saturated carbocycles. The van der Waals surface area contributed by atoms with Gasteiger partial charge in [0.1, 0.15) is 12.3 Å². The van der Waals surface area contributed by atoms with E-state index in [-0.39, 0.29) is 23.7 Å². The van der Waals surface area contributed by atoms with E-state index < -0.39 is 4.92 Å². The Morgan fingerprint density at radius 2 is 2.20 bits per heavy atom. The number of methoxy groups -OCH3 is 1. The molecule has 0 amide bonds. The SMILES string of the molecule is COCCOc1cccc(N)c1[N+](=O)[O-]. The molecule has 1 aromatic rings. The predicted octanol–water partition coefficient (Wildman–Crippen LogP) is 1.20. The van der Waals surface area contributed by atoms with Gasteiger partial charge in [-0.05, 0) is 12.1 Å². The molecule has 1 rings (SSSR count). The summed E-state index contributed by atoms with van der Waals surface area (Å²) < 4.78 is 9.94. The lowest BCUT2D eigenvalue weighted by Gasteiger charge is -2.06. The van der Waals surface area contributed by atoms with Crippen molar-refractivity contribution in [2.24, 2.45) is 0 Å². The maximum Gasteiger partial charge on any atom is 0.333 e. The highest BCUT2D eigenvalue weighted by atomic mass is 16.6. The van der Waals surface area contributed by atoms with Gasteiger partial charge in [-0.25, -0.2) is 0 Å². The summed E-state index contributed by atoms with van der Waals surface area (Å²) >= 11 is 0. The smallest absolute Gasteiger partial charge is 0.333 e. The van der Waals surface area contributed by atoms with Crippen molar-refractivity contribution < 1.29 is 14.4 Å². The maximum absolute atomic E-state index is 10.7. The number of nitrogens with two attached hydrogens (primary N) is 1. The van der Waals surface area contributed by atoms with Gasteiger partial charge in [-0.1, -0.05) is 6.07 Å². The number of hydrogen-bond donors (Lipinski definition) is 1. The third kappa shape index (κ3) is 2.81. The minimum atomic E-state index is -0.558. The first kappa shape index (κ1) is 11.3. The fourth-order valence-corrected chi connectivity index (χ4v) is 1.09. The molecule has 6 nitrogen and oxygen atoms in total. The van der Waals surface area contributed by atoms with E-state index in [1.54, 1.807) is 6.07 Å². The molecular formula is C9H12N2O4. The van der Waals surface area contributed by atoms with Crippen LogP contribution >= 0.6 is 0 Å². The lowest BCUT2D eigenvalue weighted by atomic mass is 10.2. The quantitative estimate of drug-likeness (QED) is 0.343. The van der Waals surface area contributed by atoms with Gasteiger partial charge in [0.2, 0.25) is 0 Å². The van der Waals surface area contributed by atoms with Gasteiger partial charge in [0.05, 0.1) is 11.5 Å². The first-order valence-corrected chi connectivity index (χ1v) is 4.31. The number of nitrogen functional groups attached to an aromatic ring is 1. The number of nitro groups is 1. The monoisotopic (exact) mass is 212 g/mol. The zero-order valence-electron chi connectivity index (χ0n) is 8.30. The Morgan fingerprint density at radius 3 is 2.80 bits per heavy atom. The van der Waals surface area contributed by atoms with Gasteiger partial charge in [0.25, 0.3) is 0 Å². The Balaban J connectivity index is 2.86. The second-order valence-corrected chi connectivity index (χ2v) is 2.79. The van der Waals surface area contributed by atoms with Crippen LogP contribution in [0.2, 0.25) is 0 Å². The van der Waals surface area contributed by atoms with Crippen LogP contribution in [0.15, 0.2) is 18.2 Å². The number of nitrogens with zero attached hydrogens (tertiary/aromatic N) is 1. The first-order chi connectivity index (χ1) is 7.16. The first-order valence-electron chi connectivity index (χ1n) is 4.31. The van der Waals surface area contributed by atoms with E-state index in [2.05, 4.69) is 0 Å². The van der Waals surface area contributed by atoms with Crippen LogP contribution in [0.25, 0.3) is 0 Å². The lowest BCUT2D eigenvalue weighted by Crippen LogP contribution is -2.06. The summed E-state index contributed by atoms with van der Waals surface area (Å²) in [5.74, 6) is 0.164. The average molecular weight is 212 g/mol. The molecule has 2 N–H and O–H groups in total. The molecule has 0 spiro atoms. The van der Waals surface area contributed by atoms with Crippen molar-refractivity contribution in [2.75, 3.05) is 26.1 Å². The van der Waals surface area contributed by atoms with Crippen molar-refractivity contribution in [3.8, 4) is 5.75 Å². The minimum absolute atomic E-state index is 0.0925. The number of benzene rings is 1. The Kier molecular flexibility index (Phi) is 3.87. The second-order valence-electron chi connectivity index (χ2n) is 2.79. The highest BCUT2D eigenvalue weighted by Crippen LogP contribution is 2.32. The zero-order chi connectivity index (χ0) is 11.3. The number of hydrogen-bond acceptors (Lipinski definition) is 5. The second kappa shape index (κ2) is 5.16. The molecular weight excluding hydrogens is 200 g/mol. The number of ether oxygens (including phenoxy) is 2. The van der Waals surface area contributed by atoms with E-state index in [9.17, 15) is 10.1 Å². The van der Waals surface area contributed by atoms with Gasteiger partial charge >= 0.3 is 5.69 Å². The zero-order valence-corrected chi connectivity index (χ0v) is 8.30. The van der Waals surface area contributed by atoms with Gasteiger partial charge in [0, 0.05) is 7.11 Å². The van der Waals surface area contributed by atoms with E-state index >= 15 is 0 Å². The number of para-hydroxylation sites is 1. The van der Waals surface area contributed by atoms with Gasteiger partial charge in [0.15, 0.2) is 5.75 Å². The molecule has 0 aromatic heterocycles. The topological polar surface area (TPSA) is 87.6 Å². The summed E-state index contributed by atoms with van der Waals surface area (Å²) in [4.78, 5) is 10.1. The molecule has 0 radical (unpaired) electrons. The molecule has 0 aliphatic heterocycles. The minimum Gasteiger partial charge on any atom is -0.484 e. The molecule has 0 bridgehead atoms. The fourth-order valence-electron chi connectivity index (χ4n) is 1.09. The Morgan fingerprint density at radius 1 is 1.47 bits per heavy atom. The predicted molar refractivity (Wildman–Crippen MR) is 54.9 cm³/mol. The fraction of sp³-hybridized carbons (Fsp3) is 0.333. The van der Waals surface area contributed by atoms with Crippen LogP contribution in [-0.4, -0.2) is 25.2 Å². The van der Waals surface area contributed by atoms with Crippen LogP contribution < -0.4 is 10.5 Å². The summed E-state index contributed by atoms with van der Waals surface area (Å²) in [6.45, 7) is 0.618. The number of nitro benzene ring substituents is 1. The van der Waals surface area contributed by atoms with Crippen LogP contribution in [0.1, 0.15) is 0 Å². The molecule has 0 unspecified atom stereocenters. The molecule has 0 saturated heterocycles. The van der Waals surface area contributed by atoms with Crippen LogP contribution in [0.3, 0.4) is 0 Å². The van der Waals surface area contributed by atoms with Gasteiger partial charge < -0.3 is 15.2 Å². The van der Waals surface area contributed by atoms with Crippen molar-refractivity contribution in [1.29, 1.82) is 0 Å². The van der Waals surface area contributed by atoms with Crippen molar-refractivity contribution in [3.05, 3.63) is 28.3 Å². The number of anilines is 1. The molecule has 15 heavy (non-hydrogen) atoms. The van der Waals surface area contributed by atoms with E-state index in [1.165, 1.54) is 19.2 Å². The molecule has 0 aliphatic carbocycles. The van der Waals surface area contributed by atoms with E-state index in [1.807, 2.05) is 0 Å². The molecule has 0 aliphatic rings. The highest BCUT2D eigenvalue weighted by molar-refractivity contribution is 5.65. The normalized spacial score (nSPS) is 9.93. The Labute approximate surface area is 86.7 Å². The third-order valence-electron chi connectivity index (χ3n) is 1.76. The molecule has 1 aromatic carbocycles. The lowest BCUT2D eigenvalue weighted by molar-refractivity contribution is -0.384. The van der Waals surface area contributed by atoms with Gasteiger partial charge in [-0.2, -0.15) is 0 Å². The molecule has 6 heteroatoms. The standard InChI is InChI=1S/C9H12N2O4/c1-14-5-6-15-8-4-2-3-7(10)9(8)11(12)13/h2-4H,5-6,10H2,1H3. The maximum atomic E-state index is 10.7. The highest BCUT2D eigenvalue weighted by Gasteiger charge is 2.18. The van der Waals surface area contributed by atoms with E-state index in [0.717, 1.165) is 0 Å². The number of rotatable bonds is 5. The molecule has 0 fully saturated rings.